The molecular formula is C24H25ClN4O6S2. The van der Waals surface area contributed by atoms with E-state index < -0.39 is 26.9 Å². The number of sulfone groups is 1. The van der Waals surface area contributed by atoms with Gasteiger partial charge in [-0.3, -0.25) is 14.4 Å². The van der Waals surface area contributed by atoms with Crippen LogP contribution < -0.4 is 16.4 Å². The third-order valence-electron chi connectivity index (χ3n) is 5.73. The Morgan fingerprint density at radius 3 is 2.54 bits per heavy atom. The Labute approximate surface area is 222 Å². The van der Waals surface area contributed by atoms with E-state index in [1.54, 1.807) is 30.3 Å². The summed E-state index contributed by atoms with van der Waals surface area (Å²) in [5.41, 5.74) is 7.50. The predicted molar refractivity (Wildman–Crippen MR) is 141 cm³/mol. The maximum atomic E-state index is 13.1. The number of amides is 3. The van der Waals surface area contributed by atoms with E-state index in [-0.39, 0.29) is 46.4 Å². The summed E-state index contributed by atoms with van der Waals surface area (Å²) in [6, 6.07) is 10.2. The fraction of sp³-hybridized carbons (Fsp3) is 0.333. The van der Waals surface area contributed by atoms with E-state index in [2.05, 4.69) is 15.6 Å². The molecule has 3 amide bonds. The fourth-order valence-electron chi connectivity index (χ4n) is 3.64. The smallest absolute Gasteiger partial charge is 0.250 e. The fourth-order valence-corrected chi connectivity index (χ4v) is 6.89. The molecule has 1 aromatic heterocycles. The molecule has 3 aromatic rings. The Kier molecular flexibility index (Phi) is 8.12. The molecule has 1 aliphatic rings. The van der Waals surface area contributed by atoms with Gasteiger partial charge in [-0.25, -0.2) is 13.4 Å². The zero-order chi connectivity index (χ0) is 26.7. The molecule has 1 unspecified atom stereocenters. The van der Waals surface area contributed by atoms with Gasteiger partial charge in [-0.15, -0.1) is 11.3 Å². The highest BCUT2D eigenvalue weighted by Gasteiger charge is 2.37. The Balaban J connectivity index is 1.64. The Morgan fingerprint density at radius 2 is 1.89 bits per heavy atom. The molecule has 37 heavy (non-hydrogen) atoms. The summed E-state index contributed by atoms with van der Waals surface area (Å²) in [6.07, 6.45) is 1.78. The van der Waals surface area contributed by atoms with Gasteiger partial charge in [-0.2, -0.15) is 0 Å². The maximum Gasteiger partial charge on any atom is 0.250 e. The van der Waals surface area contributed by atoms with Crippen molar-refractivity contribution in [1.82, 2.24) is 15.6 Å². The van der Waals surface area contributed by atoms with Crippen LogP contribution in [0.15, 0.2) is 36.4 Å². The third-order valence-corrected chi connectivity index (χ3v) is 9.17. The van der Waals surface area contributed by atoms with Crippen LogP contribution in [0.4, 0.5) is 0 Å². The monoisotopic (exact) mass is 564 g/mol. The lowest BCUT2D eigenvalue weighted by Crippen LogP contribution is -2.41. The van der Waals surface area contributed by atoms with Crippen molar-refractivity contribution in [3.63, 3.8) is 0 Å². The van der Waals surface area contributed by atoms with Gasteiger partial charge < -0.3 is 21.1 Å². The summed E-state index contributed by atoms with van der Waals surface area (Å²) in [4.78, 5) is 41.0. The first kappa shape index (κ1) is 27.0. The van der Waals surface area contributed by atoms with E-state index >= 15 is 0 Å². The second kappa shape index (κ2) is 11.1. The van der Waals surface area contributed by atoms with Crippen molar-refractivity contribution in [3.8, 4) is 11.1 Å². The number of methoxy groups -OCH3 is 1. The quantitative estimate of drug-likeness (QED) is 0.322. The molecule has 10 nitrogen and oxygen atoms in total. The highest BCUT2D eigenvalue weighted by molar-refractivity contribution is 7.92. The number of ether oxygens (including phenoxy) is 1. The van der Waals surface area contributed by atoms with Crippen LogP contribution in [-0.4, -0.2) is 63.2 Å². The Hall–Kier alpha value is -3.06. The normalized spacial score (nSPS) is 14.3. The van der Waals surface area contributed by atoms with Gasteiger partial charge in [0.15, 0.2) is 15.1 Å². The van der Waals surface area contributed by atoms with Crippen molar-refractivity contribution in [2.45, 2.75) is 24.1 Å². The van der Waals surface area contributed by atoms with Gasteiger partial charge in [-0.05, 0) is 48.2 Å². The number of thiazole rings is 1. The number of primary amides is 1. The van der Waals surface area contributed by atoms with Crippen molar-refractivity contribution in [3.05, 3.63) is 52.0 Å². The lowest BCUT2D eigenvalue weighted by atomic mass is 10.0. The molecule has 13 heteroatoms. The zero-order valence-corrected chi connectivity index (χ0v) is 22.2. The largest absolute Gasteiger partial charge is 0.384 e. The molecule has 0 spiro atoms. The molecular weight excluding hydrogens is 540 g/mol. The highest BCUT2D eigenvalue weighted by atomic mass is 35.5. The second-order valence-corrected chi connectivity index (χ2v) is 12.3. The number of hydrogen-bond donors (Lipinski definition) is 3. The molecule has 4 N–H and O–H groups in total. The summed E-state index contributed by atoms with van der Waals surface area (Å²) in [7, 11) is -2.64. The number of fused-ring (bicyclic) bond motifs is 1. The molecule has 1 fully saturated rings. The molecule has 1 atom stereocenters. The lowest BCUT2D eigenvalue weighted by molar-refractivity contribution is -0.126. The number of nitrogens with one attached hydrogen (secondary N) is 2. The van der Waals surface area contributed by atoms with Crippen LogP contribution in [0.2, 0.25) is 5.02 Å². The van der Waals surface area contributed by atoms with E-state index in [1.165, 1.54) is 13.2 Å². The SMILES string of the molecule is COCCS(=O)(=O)C(C(=O)NCC(=O)NC1CC1)c1nc2ccc(-c3ccc(C(N)=O)c(Cl)c3)cc2s1. The van der Waals surface area contributed by atoms with Gasteiger partial charge in [-0.1, -0.05) is 23.7 Å². The number of halogens is 1. The number of rotatable bonds is 11. The second-order valence-electron chi connectivity index (χ2n) is 8.59. The first-order valence-corrected chi connectivity index (χ1v) is 14.3. The van der Waals surface area contributed by atoms with Crippen LogP contribution in [0.3, 0.4) is 0 Å². The number of carbonyl (C=O) groups excluding carboxylic acids is 3. The highest BCUT2D eigenvalue weighted by Crippen LogP contribution is 2.35. The van der Waals surface area contributed by atoms with Crippen LogP contribution in [0.5, 0.6) is 0 Å². The van der Waals surface area contributed by atoms with Gasteiger partial charge >= 0.3 is 0 Å². The minimum absolute atomic E-state index is 0.0884. The average molecular weight is 565 g/mol. The van der Waals surface area contributed by atoms with Crippen LogP contribution in [0.1, 0.15) is 33.5 Å². The summed E-state index contributed by atoms with van der Waals surface area (Å²) in [5, 5.41) is 3.89. The number of nitrogens with two attached hydrogens (primary N) is 1. The average Bonchev–Trinajstić information content (AvgIpc) is 3.56. The molecule has 0 saturated heterocycles. The minimum Gasteiger partial charge on any atom is -0.384 e. The molecule has 2 aromatic carbocycles. The van der Waals surface area contributed by atoms with E-state index in [0.29, 0.717) is 10.2 Å². The number of carbonyl (C=O) groups is 3. The minimum atomic E-state index is -4.01. The maximum absolute atomic E-state index is 13.1. The summed E-state index contributed by atoms with van der Waals surface area (Å²) in [6.45, 7) is -0.423. The predicted octanol–water partition coefficient (Wildman–Crippen LogP) is 2.21. The number of hydrogen-bond acceptors (Lipinski definition) is 8. The molecule has 4 rings (SSSR count). The zero-order valence-electron chi connectivity index (χ0n) is 19.8. The molecule has 0 bridgehead atoms. The van der Waals surface area contributed by atoms with Crippen LogP contribution in [0.25, 0.3) is 21.3 Å². The summed E-state index contributed by atoms with van der Waals surface area (Å²) in [5.74, 6) is -2.22. The lowest BCUT2D eigenvalue weighted by Gasteiger charge is -2.15. The van der Waals surface area contributed by atoms with Crippen molar-refractivity contribution >= 4 is 60.7 Å². The van der Waals surface area contributed by atoms with Gasteiger partial charge in [0, 0.05) is 13.2 Å². The molecule has 196 valence electrons. The van der Waals surface area contributed by atoms with E-state index in [0.717, 1.165) is 35.3 Å². The van der Waals surface area contributed by atoms with Crippen molar-refractivity contribution < 1.29 is 27.5 Å². The van der Waals surface area contributed by atoms with Crippen LogP contribution in [-0.2, 0) is 24.2 Å². The van der Waals surface area contributed by atoms with E-state index in [9.17, 15) is 22.8 Å². The van der Waals surface area contributed by atoms with Crippen molar-refractivity contribution in [2.24, 2.45) is 5.73 Å². The number of benzene rings is 2. The Bertz CT molecular complexity index is 1470. The van der Waals surface area contributed by atoms with E-state index in [4.69, 9.17) is 22.1 Å². The molecule has 1 aliphatic carbocycles. The summed E-state index contributed by atoms with van der Waals surface area (Å²) >= 11 is 7.26. The van der Waals surface area contributed by atoms with Crippen LogP contribution in [0, 0.1) is 0 Å². The van der Waals surface area contributed by atoms with Gasteiger partial charge in [0.2, 0.25) is 17.7 Å². The molecule has 1 saturated carbocycles. The topological polar surface area (TPSA) is 158 Å². The van der Waals surface area contributed by atoms with Gasteiger partial charge in [0.05, 0.1) is 39.7 Å². The van der Waals surface area contributed by atoms with Gasteiger partial charge in [0.1, 0.15) is 5.01 Å². The first-order chi connectivity index (χ1) is 17.6. The summed E-state index contributed by atoms with van der Waals surface area (Å²) < 4.78 is 31.8. The molecule has 0 aliphatic heterocycles. The Morgan fingerprint density at radius 1 is 1.19 bits per heavy atom. The number of nitrogens with zero attached hydrogens (tertiary/aromatic N) is 1. The standard InChI is InChI=1S/C24H25ClN4O6S2/c1-35-8-9-37(33,34)21(23(32)27-12-20(30)28-15-4-5-15)24-29-18-7-3-14(11-19(18)36-24)13-2-6-16(22(26)31)17(25)10-13/h2-3,6-7,10-11,15,21H,4-5,8-9,12H2,1H3,(H2,26,31)(H,27,32)(H,28,30). The number of aromatic nitrogens is 1. The van der Waals surface area contributed by atoms with Crippen molar-refractivity contribution in [1.29, 1.82) is 0 Å². The van der Waals surface area contributed by atoms with Crippen molar-refractivity contribution in [2.75, 3.05) is 26.0 Å². The van der Waals surface area contributed by atoms with Crippen LogP contribution >= 0.6 is 22.9 Å². The third kappa shape index (κ3) is 6.45. The van der Waals surface area contributed by atoms with Gasteiger partial charge in [0.25, 0.3) is 0 Å². The molecule has 1 heterocycles. The van der Waals surface area contributed by atoms with E-state index in [1.807, 2.05) is 0 Å². The first-order valence-electron chi connectivity index (χ1n) is 11.4. The molecule has 0 radical (unpaired) electrons.